The summed E-state index contributed by atoms with van der Waals surface area (Å²) in [5, 5.41) is 4.55. The van der Waals surface area contributed by atoms with Crippen LogP contribution in [0.15, 0.2) is 265 Å². The summed E-state index contributed by atoms with van der Waals surface area (Å²) in [6.07, 6.45) is 0. The van der Waals surface area contributed by atoms with E-state index in [1.165, 1.54) is 55.5 Å². The first kappa shape index (κ1) is 38.9. The molecule has 0 aliphatic heterocycles. The molecule has 0 N–H and O–H groups in total. The van der Waals surface area contributed by atoms with Gasteiger partial charge in [-0.05, 0) is 127 Å². The van der Waals surface area contributed by atoms with Gasteiger partial charge in [-0.1, -0.05) is 206 Å². The zero-order valence-electron chi connectivity index (χ0n) is 36.2. The molecule has 12 aromatic rings. The first-order valence-corrected chi connectivity index (χ1v) is 22.6. The molecule has 0 saturated heterocycles. The fraction of sp³-hybridized carbons (Fsp3) is 0. The van der Waals surface area contributed by atoms with E-state index in [1.54, 1.807) is 0 Å². The molecule has 0 fully saturated rings. The number of anilines is 3. The minimum atomic E-state index is 0.885. The molecular weight excluding hydrogens is 799 g/mol. The second-order valence-corrected chi connectivity index (χ2v) is 16.9. The van der Waals surface area contributed by atoms with Crippen LogP contribution in [0, 0.1) is 0 Å². The van der Waals surface area contributed by atoms with Crippen LogP contribution in [0.1, 0.15) is 0 Å². The predicted molar refractivity (Wildman–Crippen MR) is 279 cm³/mol. The summed E-state index contributed by atoms with van der Waals surface area (Å²) in [6, 6.07) is 93.8. The molecule has 0 saturated carbocycles. The molecule has 1 heterocycles. The molecule has 1 aromatic heterocycles. The molecule has 0 amide bonds. The topological polar surface area (TPSA) is 16.4 Å². The van der Waals surface area contributed by atoms with Crippen molar-refractivity contribution in [1.29, 1.82) is 0 Å². The molecule has 66 heavy (non-hydrogen) atoms. The molecule has 11 aromatic carbocycles. The lowest BCUT2D eigenvalue weighted by atomic mass is 9.91. The number of nitrogens with zero attached hydrogens (tertiary/aromatic N) is 1. The van der Waals surface area contributed by atoms with Gasteiger partial charge in [-0.15, -0.1) is 0 Å². The van der Waals surface area contributed by atoms with Gasteiger partial charge in [0.15, 0.2) is 0 Å². The van der Waals surface area contributed by atoms with E-state index in [-0.39, 0.29) is 0 Å². The second-order valence-electron chi connectivity index (χ2n) is 16.9. The van der Waals surface area contributed by atoms with Gasteiger partial charge >= 0.3 is 0 Å². The van der Waals surface area contributed by atoms with Gasteiger partial charge in [0.1, 0.15) is 11.2 Å². The maximum atomic E-state index is 6.62. The Morgan fingerprint density at radius 2 is 0.758 bits per heavy atom. The Morgan fingerprint density at radius 1 is 0.258 bits per heavy atom. The highest BCUT2D eigenvalue weighted by Crippen LogP contribution is 2.43. The summed E-state index contributed by atoms with van der Waals surface area (Å²) in [6.45, 7) is 0. The van der Waals surface area contributed by atoms with Crippen molar-refractivity contribution >= 4 is 49.8 Å². The van der Waals surface area contributed by atoms with Crippen LogP contribution in [0.5, 0.6) is 0 Å². The molecular formula is C64H43NO. The van der Waals surface area contributed by atoms with Gasteiger partial charge in [0.2, 0.25) is 0 Å². The van der Waals surface area contributed by atoms with Crippen molar-refractivity contribution in [3.63, 3.8) is 0 Å². The lowest BCUT2D eigenvalue weighted by Gasteiger charge is -2.26. The van der Waals surface area contributed by atoms with Crippen LogP contribution in [0.3, 0.4) is 0 Å². The summed E-state index contributed by atoms with van der Waals surface area (Å²) in [7, 11) is 0. The molecule has 0 spiro atoms. The Bertz CT molecular complexity index is 3650. The predicted octanol–water partition coefficient (Wildman–Crippen LogP) is 18.2. The minimum Gasteiger partial charge on any atom is -0.455 e. The van der Waals surface area contributed by atoms with Crippen LogP contribution in [-0.2, 0) is 0 Å². The Hall–Kier alpha value is -8.72. The normalized spacial score (nSPS) is 11.3. The van der Waals surface area contributed by atoms with E-state index in [4.69, 9.17) is 4.42 Å². The van der Waals surface area contributed by atoms with Crippen molar-refractivity contribution in [2.75, 3.05) is 4.90 Å². The summed E-state index contributed by atoms with van der Waals surface area (Å²) < 4.78 is 6.62. The Kier molecular flexibility index (Phi) is 9.89. The molecule has 0 aliphatic carbocycles. The molecule has 0 aliphatic rings. The average molecular weight is 842 g/mol. The van der Waals surface area contributed by atoms with Crippen LogP contribution in [0.25, 0.3) is 99.5 Å². The van der Waals surface area contributed by atoms with Crippen LogP contribution < -0.4 is 4.90 Å². The summed E-state index contributed by atoms with van der Waals surface area (Å²) in [5.74, 6) is 0. The Labute approximate surface area is 384 Å². The van der Waals surface area contributed by atoms with Crippen molar-refractivity contribution in [2.24, 2.45) is 0 Å². The molecule has 0 unspecified atom stereocenters. The largest absolute Gasteiger partial charge is 0.455 e. The highest BCUT2D eigenvalue weighted by Gasteiger charge is 2.19. The van der Waals surface area contributed by atoms with Crippen LogP contribution >= 0.6 is 0 Å². The number of hydrogen-bond acceptors (Lipinski definition) is 2. The van der Waals surface area contributed by atoms with E-state index in [2.05, 4.69) is 266 Å². The van der Waals surface area contributed by atoms with E-state index >= 15 is 0 Å². The molecule has 0 bridgehead atoms. The van der Waals surface area contributed by atoms with E-state index in [1.807, 2.05) is 0 Å². The summed E-state index contributed by atoms with van der Waals surface area (Å²) in [4.78, 5) is 2.37. The summed E-state index contributed by atoms with van der Waals surface area (Å²) in [5.41, 5.74) is 19.2. The Balaban J connectivity index is 0.949. The maximum absolute atomic E-state index is 6.62. The van der Waals surface area contributed by atoms with Gasteiger partial charge in [0, 0.05) is 33.2 Å². The van der Waals surface area contributed by atoms with E-state index < -0.39 is 0 Å². The third kappa shape index (κ3) is 7.21. The molecule has 2 heteroatoms. The lowest BCUT2D eigenvalue weighted by molar-refractivity contribution is 0.673. The van der Waals surface area contributed by atoms with Crippen molar-refractivity contribution in [3.05, 3.63) is 261 Å². The first-order valence-electron chi connectivity index (χ1n) is 22.6. The van der Waals surface area contributed by atoms with Crippen LogP contribution in [-0.4, -0.2) is 0 Å². The maximum Gasteiger partial charge on any atom is 0.143 e. The monoisotopic (exact) mass is 841 g/mol. The minimum absolute atomic E-state index is 0.885. The second kappa shape index (κ2) is 16.8. The Morgan fingerprint density at radius 3 is 1.41 bits per heavy atom. The zero-order valence-corrected chi connectivity index (χ0v) is 36.2. The molecule has 2 nitrogen and oxygen atoms in total. The highest BCUT2D eigenvalue weighted by molar-refractivity contribution is 6.19. The highest BCUT2D eigenvalue weighted by atomic mass is 16.3. The third-order valence-electron chi connectivity index (χ3n) is 12.9. The fourth-order valence-electron chi connectivity index (χ4n) is 9.60. The first-order chi connectivity index (χ1) is 32.7. The van der Waals surface area contributed by atoms with Gasteiger partial charge in [0.25, 0.3) is 0 Å². The van der Waals surface area contributed by atoms with Gasteiger partial charge in [-0.3, -0.25) is 0 Å². The van der Waals surface area contributed by atoms with Crippen LogP contribution in [0.2, 0.25) is 0 Å². The van der Waals surface area contributed by atoms with E-state index in [0.29, 0.717) is 0 Å². The van der Waals surface area contributed by atoms with Crippen LogP contribution in [0.4, 0.5) is 17.1 Å². The smallest absolute Gasteiger partial charge is 0.143 e. The van der Waals surface area contributed by atoms with Gasteiger partial charge in [-0.2, -0.15) is 0 Å². The lowest BCUT2D eigenvalue weighted by Crippen LogP contribution is -2.10. The third-order valence-corrected chi connectivity index (χ3v) is 12.9. The molecule has 310 valence electrons. The fourth-order valence-corrected chi connectivity index (χ4v) is 9.60. The van der Waals surface area contributed by atoms with Crippen molar-refractivity contribution in [3.8, 4) is 66.8 Å². The van der Waals surface area contributed by atoms with Crippen molar-refractivity contribution in [2.45, 2.75) is 0 Å². The van der Waals surface area contributed by atoms with Gasteiger partial charge in [0.05, 0.1) is 0 Å². The number of fused-ring (bicyclic) bond motifs is 5. The number of furan rings is 1. The average Bonchev–Trinajstić information content (AvgIpc) is 3.80. The molecule has 0 radical (unpaired) electrons. The van der Waals surface area contributed by atoms with Gasteiger partial charge in [-0.25, -0.2) is 0 Å². The van der Waals surface area contributed by atoms with Crippen molar-refractivity contribution < 1.29 is 4.42 Å². The number of benzene rings is 11. The quantitative estimate of drug-likeness (QED) is 0.144. The number of rotatable bonds is 9. The molecule has 12 rings (SSSR count). The van der Waals surface area contributed by atoms with E-state index in [9.17, 15) is 0 Å². The summed E-state index contributed by atoms with van der Waals surface area (Å²) >= 11 is 0. The SMILES string of the molecule is c1ccc(-c2ccc(-c3ccc(N(c4ccc(-c5ccc(-c6ccccc6)c(-c6ccccc6)c5)cc4)c4cccc(-c5cccc6oc7c8ccccc8ccc7c56)c4)cc3)cc2)cc1. The van der Waals surface area contributed by atoms with Crippen molar-refractivity contribution in [1.82, 2.24) is 0 Å². The van der Waals surface area contributed by atoms with Gasteiger partial charge < -0.3 is 9.32 Å². The zero-order chi connectivity index (χ0) is 43.8. The van der Waals surface area contributed by atoms with E-state index in [0.717, 1.165) is 61.1 Å². The number of hydrogen-bond donors (Lipinski definition) is 0. The standard InChI is InChI=1S/C64H43NO/c1-4-14-44(15-5-1)45-26-28-46(29-27-45)47-30-36-54(37-31-47)65(55-38-32-48(33-39-55)52-35-40-57(49-16-6-2-7-17-49)61(43-52)50-18-8-3-9-19-50)56-22-12-21-53(42-56)58-24-13-25-62-63(58)60-41-34-51-20-10-11-23-59(51)64(60)66-62/h1-43H. The molecule has 0 atom stereocenters.